The molecule has 2 saturated heterocycles. The van der Waals surface area contributed by atoms with Crippen LogP contribution in [-0.4, -0.2) is 107 Å². The number of rotatable bonds is 4. The van der Waals surface area contributed by atoms with E-state index in [0.717, 1.165) is 6.07 Å². The highest BCUT2D eigenvalue weighted by atomic mass is 16.5. The van der Waals surface area contributed by atoms with Gasteiger partial charge in [0.05, 0.1) is 23.8 Å². The van der Waals surface area contributed by atoms with Crippen LogP contribution in [0.2, 0.25) is 0 Å². The Morgan fingerprint density at radius 1 is 0.732 bits per heavy atom. The lowest BCUT2D eigenvalue weighted by molar-refractivity contribution is -0.232. The van der Waals surface area contributed by atoms with E-state index >= 15 is 0 Å². The minimum absolute atomic E-state index is 0.0774. The molecule has 0 spiro atoms. The first kappa shape index (κ1) is 29.2. The van der Waals surface area contributed by atoms with Gasteiger partial charge in [-0.15, -0.1) is 0 Å². The smallest absolute Gasteiger partial charge is 0.197 e. The van der Waals surface area contributed by atoms with Crippen LogP contribution >= 0.6 is 0 Å². The number of phenols is 3. The van der Waals surface area contributed by atoms with Gasteiger partial charge in [-0.3, -0.25) is 4.79 Å². The molecule has 0 radical (unpaired) electrons. The highest BCUT2D eigenvalue weighted by Crippen LogP contribution is 2.50. The molecule has 0 saturated carbocycles. The fraction of sp³-hybridized carbons (Fsp3) is 0.444. The Morgan fingerprint density at radius 2 is 1.32 bits per heavy atom. The molecule has 5 rings (SSSR count). The Bertz CT molecular complexity index is 1480. The summed E-state index contributed by atoms with van der Waals surface area (Å²) in [6.45, 7) is 0.540. The van der Waals surface area contributed by atoms with Crippen LogP contribution in [-0.2, 0) is 9.47 Å². The van der Waals surface area contributed by atoms with E-state index in [-0.39, 0.29) is 11.5 Å². The Labute approximate surface area is 231 Å². The first-order chi connectivity index (χ1) is 19.4. The number of ether oxygens (including phenoxy) is 2. The SMILES string of the molecule is C[C@@H]1O[C@@H](c2c(O)c([C@@H]3O[C@H](CO)[C@@H](O)[C@H](O)[C@H]3O)c3oc(-c4ccc(O)cc4)cc(=O)c3c2O)[C@H](O)[C@H](O)[C@H]1O. The lowest BCUT2D eigenvalue weighted by Gasteiger charge is -2.42. The second kappa shape index (κ2) is 10.8. The number of phenolic OH excluding ortho intramolecular Hbond substituents is 3. The number of aromatic hydroxyl groups is 3. The predicted molar refractivity (Wildman–Crippen MR) is 137 cm³/mol. The maximum Gasteiger partial charge on any atom is 0.197 e. The number of aliphatic hydroxyl groups excluding tert-OH is 7. The summed E-state index contributed by atoms with van der Waals surface area (Å²) in [6, 6.07) is 6.48. The first-order valence-corrected chi connectivity index (χ1v) is 12.7. The summed E-state index contributed by atoms with van der Waals surface area (Å²) in [7, 11) is 0. The highest BCUT2D eigenvalue weighted by molar-refractivity contribution is 5.92. The summed E-state index contributed by atoms with van der Waals surface area (Å²) in [5, 5.41) is 104. The van der Waals surface area contributed by atoms with Gasteiger partial charge < -0.3 is 65.0 Å². The van der Waals surface area contributed by atoms with E-state index in [9.17, 15) is 55.9 Å². The lowest BCUT2D eigenvalue weighted by atomic mass is 9.85. The van der Waals surface area contributed by atoms with E-state index in [0.29, 0.717) is 5.56 Å². The van der Waals surface area contributed by atoms with Crippen molar-refractivity contribution < 1.29 is 65.0 Å². The zero-order valence-electron chi connectivity index (χ0n) is 21.5. The molecule has 10 atom stereocenters. The van der Waals surface area contributed by atoms with Crippen LogP contribution in [0, 0.1) is 0 Å². The molecule has 0 unspecified atom stereocenters. The minimum Gasteiger partial charge on any atom is -0.508 e. The van der Waals surface area contributed by atoms with Gasteiger partial charge in [-0.1, -0.05) is 0 Å². The fourth-order valence-corrected chi connectivity index (χ4v) is 5.34. The van der Waals surface area contributed by atoms with Crippen LogP contribution in [0.5, 0.6) is 17.2 Å². The normalized spacial score (nSPS) is 34.1. The van der Waals surface area contributed by atoms with E-state index in [1.165, 1.54) is 31.2 Å². The molecule has 1 aromatic heterocycles. The van der Waals surface area contributed by atoms with Crippen LogP contribution in [0.15, 0.2) is 39.5 Å². The first-order valence-electron chi connectivity index (χ1n) is 12.7. The van der Waals surface area contributed by atoms with Gasteiger partial charge >= 0.3 is 0 Å². The average molecular weight is 579 g/mol. The van der Waals surface area contributed by atoms with Gasteiger partial charge in [0.25, 0.3) is 0 Å². The average Bonchev–Trinajstić information content (AvgIpc) is 2.94. The third kappa shape index (κ3) is 4.72. The van der Waals surface area contributed by atoms with E-state index in [1.54, 1.807) is 0 Å². The zero-order valence-corrected chi connectivity index (χ0v) is 21.5. The number of hydrogen-bond acceptors (Lipinski definition) is 14. The maximum absolute atomic E-state index is 13.4. The molecular weight excluding hydrogens is 548 g/mol. The van der Waals surface area contributed by atoms with Gasteiger partial charge in [-0.05, 0) is 31.2 Å². The molecular formula is C27H30O14. The van der Waals surface area contributed by atoms with Crippen molar-refractivity contribution in [3.63, 3.8) is 0 Å². The van der Waals surface area contributed by atoms with E-state index < -0.39 is 107 Å². The van der Waals surface area contributed by atoms with E-state index in [4.69, 9.17) is 13.9 Å². The number of fused-ring (bicyclic) bond motifs is 1. The lowest BCUT2D eigenvalue weighted by Crippen LogP contribution is -2.55. The molecule has 2 fully saturated rings. The Balaban J connectivity index is 1.82. The number of hydrogen-bond donors (Lipinski definition) is 10. The van der Waals surface area contributed by atoms with Crippen LogP contribution < -0.4 is 5.43 Å². The molecule has 2 aromatic carbocycles. The molecule has 0 bridgehead atoms. The van der Waals surface area contributed by atoms with Crippen molar-refractivity contribution in [2.75, 3.05) is 6.61 Å². The molecule has 0 aliphatic carbocycles. The molecule has 0 amide bonds. The molecule has 222 valence electrons. The van der Waals surface area contributed by atoms with Crippen molar-refractivity contribution in [3.8, 4) is 28.6 Å². The summed E-state index contributed by atoms with van der Waals surface area (Å²) in [6.07, 6.45) is -16.9. The van der Waals surface area contributed by atoms with Crippen molar-refractivity contribution in [1.29, 1.82) is 0 Å². The molecule has 14 heteroatoms. The molecule has 3 heterocycles. The molecule has 41 heavy (non-hydrogen) atoms. The van der Waals surface area contributed by atoms with E-state index in [2.05, 4.69) is 0 Å². The maximum atomic E-state index is 13.4. The van der Waals surface area contributed by atoms with Crippen LogP contribution in [0.4, 0.5) is 0 Å². The molecule has 14 nitrogen and oxygen atoms in total. The zero-order chi connectivity index (χ0) is 29.9. The predicted octanol–water partition coefficient (Wildman–Crippen LogP) is -1.37. The second-order valence-electron chi connectivity index (χ2n) is 10.2. The largest absolute Gasteiger partial charge is 0.508 e. The Morgan fingerprint density at radius 3 is 1.93 bits per heavy atom. The summed E-state index contributed by atoms with van der Waals surface area (Å²) in [5.74, 6) is -2.01. The Hall–Kier alpha value is -3.31. The number of benzene rings is 2. The van der Waals surface area contributed by atoms with Crippen LogP contribution in [0.1, 0.15) is 30.3 Å². The topological polar surface area (TPSA) is 251 Å². The van der Waals surface area contributed by atoms with Crippen molar-refractivity contribution in [2.45, 2.75) is 68.0 Å². The summed E-state index contributed by atoms with van der Waals surface area (Å²) >= 11 is 0. The third-order valence-electron chi connectivity index (χ3n) is 7.66. The highest BCUT2D eigenvalue weighted by Gasteiger charge is 2.49. The number of aliphatic hydroxyl groups is 7. The van der Waals surface area contributed by atoms with Crippen molar-refractivity contribution in [3.05, 3.63) is 51.7 Å². The molecule has 10 N–H and O–H groups in total. The molecule has 2 aliphatic rings. The van der Waals surface area contributed by atoms with Gasteiger partial charge in [0.2, 0.25) is 0 Å². The van der Waals surface area contributed by atoms with Crippen LogP contribution in [0.3, 0.4) is 0 Å². The van der Waals surface area contributed by atoms with Crippen molar-refractivity contribution in [2.24, 2.45) is 0 Å². The van der Waals surface area contributed by atoms with Crippen molar-refractivity contribution >= 4 is 11.0 Å². The van der Waals surface area contributed by atoms with Gasteiger partial charge in [-0.2, -0.15) is 0 Å². The van der Waals surface area contributed by atoms with Gasteiger partial charge in [0, 0.05) is 11.6 Å². The van der Waals surface area contributed by atoms with Gasteiger partial charge in [0.1, 0.15) is 83.3 Å². The van der Waals surface area contributed by atoms with E-state index in [1.807, 2.05) is 0 Å². The summed E-state index contributed by atoms with van der Waals surface area (Å²) < 4.78 is 17.2. The summed E-state index contributed by atoms with van der Waals surface area (Å²) in [5.41, 5.74) is -2.20. The fourth-order valence-electron chi connectivity index (χ4n) is 5.34. The third-order valence-corrected chi connectivity index (χ3v) is 7.66. The standard InChI is InChI=1S/C27H30O14/c1-8-17(31)21(35)23(37)26(39-8)15-19(33)14-11(30)6-12(9-2-4-10(29)5-3-9)40-25(14)16(20(15)34)27-24(38)22(36)18(32)13(7-28)41-27/h2-6,8,13,17-18,21-24,26-29,31-38H,7H2,1H3/t8-,13+,17-,18+,21+,22-,23+,24+,26-,27-/m0/s1. The molecule has 3 aromatic rings. The minimum atomic E-state index is -1.97. The summed E-state index contributed by atoms with van der Waals surface area (Å²) in [4.78, 5) is 13.4. The Kier molecular flexibility index (Phi) is 7.71. The monoisotopic (exact) mass is 578 g/mol. The van der Waals surface area contributed by atoms with Crippen molar-refractivity contribution in [1.82, 2.24) is 0 Å². The quantitative estimate of drug-likeness (QED) is 0.172. The van der Waals surface area contributed by atoms with Gasteiger partial charge in [0.15, 0.2) is 11.0 Å². The molecule has 2 aliphatic heterocycles. The second-order valence-corrected chi connectivity index (χ2v) is 10.2. The van der Waals surface area contributed by atoms with Gasteiger partial charge in [-0.25, -0.2) is 0 Å². The van der Waals surface area contributed by atoms with Crippen LogP contribution in [0.25, 0.3) is 22.3 Å².